The van der Waals surface area contributed by atoms with E-state index in [1.807, 2.05) is 0 Å². The predicted molar refractivity (Wildman–Crippen MR) is 124 cm³/mol. The number of hydrogen-bond donors (Lipinski definition) is 2. The summed E-state index contributed by atoms with van der Waals surface area (Å²) in [6.07, 6.45) is -3.95. The van der Waals surface area contributed by atoms with Crippen LogP contribution in [0.15, 0.2) is 24.3 Å². The Morgan fingerprint density at radius 3 is 2.53 bits per heavy atom. The summed E-state index contributed by atoms with van der Waals surface area (Å²) < 4.78 is 63.6. The third-order valence-electron chi connectivity index (χ3n) is 6.68. The molecule has 1 aliphatic heterocycles. The summed E-state index contributed by atoms with van der Waals surface area (Å²) in [5, 5.41) is 13.7. The molecule has 0 spiro atoms. The first kappa shape index (κ1) is 27.8. The molecule has 2 N–H and O–H groups in total. The summed E-state index contributed by atoms with van der Waals surface area (Å²) in [5.41, 5.74) is -1.27. The maximum absolute atomic E-state index is 13.0. The fourth-order valence-electron chi connectivity index (χ4n) is 4.70. The zero-order valence-corrected chi connectivity index (χ0v) is 20.8. The van der Waals surface area contributed by atoms with Gasteiger partial charge in [0.1, 0.15) is 6.04 Å². The highest BCUT2D eigenvalue weighted by Crippen LogP contribution is 2.32. The number of carbonyl (C=O) groups excluding carboxylic acids is 2. The normalized spacial score (nSPS) is 23.1. The highest BCUT2D eigenvalue weighted by atomic mass is 32.2. The van der Waals surface area contributed by atoms with Crippen LogP contribution in [0.4, 0.5) is 18.0 Å². The number of carbonyl (C=O) groups is 3. The van der Waals surface area contributed by atoms with Crippen molar-refractivity contribution in [3.63, 3.8) is 0 Å². The maximum Gasteiger partial charge on any atom is 0.426 e. The Morgan fingerprint density at radius 1 is 1.22 bits per heavy atom. The lowest BCUT2D eigenvalue weighted by Crippen LogP contribution is -2.55. The van der Waals surface area contributed by atoms with Crippen LogP contribution in [-0.2, 0) is 20.8 Å². The lowest BCUT2D eigenvalue weighted by molar-refractivity contribution is -0.146. The van der Waals surface area contributed by atoms with Gasteiger partial charge in [0.25, 0.3) is 11.8 Å². The molecule has 1 heterocycles. The topological polar surface area (TPSA) is 124 Å². The van der Waals surface area contributed by atoms with Crippen LogP contribution in [0.2, 0.25) is 0 Å². The molecule has 2 aliphatic rings. The number of hydrogen-bond acceptors (Lipinski definition) is 5. The van der Waals surface area contributed by atoms with Crippen molar-refractivity contribution in [3.05, 3.63) is 35.4 Å². The molecular weight excluding hydrogens is 503 g/mol. The van der Waals surface area contributed by atoms with Gasteiger partial charge < -0.3 is 10.4 Å². The van der Waals surface area contributed by atoms with E-state index >= 15 is 0 Å². The zero-order chi connectivity index (χ0) is 26.8. The molecule has 1 saturated carbocycles. The fraction of sp³-hybridized carbons (Fsp3) is 0.609. The number of hydrazine groups is 1. The number of nitrogens with one attached hydrogen (secondary N) is 1. The maximum atomic E-state index is 13.0. The van der Waals surface area contributed by atoms with Crippen LogP contribution in [0.3, 0.4) is 0 Å². The van der Waals surface area contributed by atoms with Crippen molar-refractivity contribution in [1.82, 2.24) is 15.3 Å². The Kier molecular flexibility index (Phi) is 8.21. The van der Waals surface area contributed by atoms with Crippen molar-refractivity contribution in [2.24, 2.45) is 5.92 Å². The first-order valence-electron chi connectivity index (χ1n) is 11.7. The van der Waals surface area contributed by atoms with E-state index in [-0.39, 0.29) is 36.6 Å². The van der Waals surface area contributed by atoms with E-state index < -0.39 is 56.8 Å². The van der Waals surface area contributed by atoms with E-state index in [0.29, 0.717) is 25.3 Å². The van der Waals surface area contributed by atoms with Crippen LogP contribution >= 0.6 is 0 Å². The van der Waals surface area contributed by atoms with Crippen LogP contribution < -0.4 is 5.32 Å². The van der Waals surface area contributed by atoms with Gasteiger partial charge in [0, 0.05) is 12.1 Å². The molecule has 0 bridgehead atoms. The zero-order valence-electron chi connectivity index (χ0n) is 20.0. The predicted octanol–water partition coefficient (Wildman–Crippen LogP) is 3.31. The monoisotopic (exact) mass is 533 g/mol. The van der Waals surface area contributed by atoms with Crippen LogP contribution in [0, 0.1) is 5.92 Å². The van der Waals surface area contributed by atoms with E-state index in [4.69, 9.17) is 0 Å². The van der Waals surface area contributed by atoms with Crippen LogP contribution in [0.25, 0.3) is 0 Å². The minimum atomic E-state index is -4.63. The molecule has 3 rings (SSSR count). The van der Waals surface area contributed by atoms with E-state index in [1.165, 1.54) is 6.07 Å². The van der Waals surface area contributed by atoms with Crippen molar-refractivity contribution in [3.8, 4) is 0 Å². The molecule has 3 amide bonds. The molecular formula is C23H30F3N3O6S. The second kappa shape index (κ2) is 10.7. The van der Waals surface area contributed by atoms with Gasteiger partial charge in [0.2, 0.25) is 0 Å². The first-order chi connectivity index (χ1) is 16.7. The van der Waals surface area contributed by atoms with Gasteiger partial charge in [0.05, 0.1) is 22.6 Å². The number of halogens is 3. The van der Waals surface area contributed by atoms with Crippen LogP contribution in [0.1, 0.15) is 61.9 Å². The van der Waals surface area contributed by atoms with Crippen molar-refractivity contribution in [2.75, 3.05) is 12.3 Å². The second-order valence-corrected chi connectivity index (χ2v) is 12.1. The lowest BCUT2D eigenvalue weighted by Gasteiger charge is -2.40. The van der Waals surface area contributed by atoms with Gasteiger partial charge in [-0.1, -0.05) is 12.5 Å². The molecule has 1 aromatic carbocycles. The first-order valence-corrected chi connectivity index (χ1v) is 13.5. The molecule has 13 heteroatoms. The van der Waals surface area contributed by atoms with E-state index in [2.05, 4.69) is 5.32 Å². The lowest BCUT2D eigenvalue weighted by atomic mass is 9.86. The Hall–Kier alpha value is -2.83. The van der Waals surface area contributed by atoms with Crippen LogP contribution in [0.5, 0.6) is 0 Å². The number of amides is 3. The Balaban J connectivity index is 1.70. The molecule has 0 aromatic heterocycles. The number of nitrogens with zero attached hydrogens (tertiary/aromatic N) is 2. The van der Waals surface area contributed by atoms with Gasteiger partial charge in [-0.05, 0) is 63.6 Å². The minimum absolute atomic E-state index is 0.00979. The van der Waals surface area contributed by atoms with Crippen molar-refractivity contribution < 1.29 is 41.1 Å². The van der Waals surface area contributed by atoms with Crippen molar-refractivity contribution >= 4 is 27.7 Å². The van der Waals surface area contributed by atoms with Crippen LogP contribution in [-0.4, -0.2) is 71.1 Å². The molecule has 36 heavy (non-hydrogen) atoms. The fourth-order valence-corrected chi connectivity index (χ4v) is 6.05. The molecule has 1 aliphatic carbocycles. The largest absolute Gasteiger partial charge is 0.464 e. The summed E-state index contributed by atoms with van der Waals surface area (Å²) in [4.78, 5) is 37.7. The SMILES string of the molecule is CC(C)S(=O)(=O)CC1CCCC(N(C(=O)O)N2CC[C@H](NC(=O)c3cccc(C(F)(F)F)c3)C2=O)C1. The summed E-state index contributed by atoms with van der Waals surface area (Å²) in [7, 11) is -3.32. The molecule has 9 nitrogen and oxygen atoms in total. The molecule has 2 unspecified atom stereocenters. The standard InChI is InChI=1S/C23H30F3N3O6S/c1-14(2)36(34,35)13-15-5-3-8-18(11-15)29(22(32)33)28-10-9-19(21(28)31)27-20(30)16-6-4-7-17(12-16)23(24,25)26/h4,6-7,12,14-15,18-19H,3,5,8-11,13H2,1-2H3,(H,27,30)(H,32,33)/t15?,18?,19-/m0/s1. The molecule has 2 fully saturated rings. The third-order valence-corrected chi connectivity index (χ3v) is 9.06. The van der Waals surface area contributed by atoms with E-state index in [9.17, 15) is 41.1 Å². The highest BCUT2D eigenvalue weighted by Gasteiger charge is 2.43. The number of benzene rings is 1. The molecule has 1 saturated heterocycles. The van der Waals surface area contributed by atoms with Crippen molar-refractivity contribution in [2.45, 2.75) is 69.5 Å². The summed E-state index contributed by atoms with van der Waals surface area (Å²) >= 11 is 0. The Bertz CT molecular complexity index is 1110. The van der Waals surface area contributed by atoms with E-state index in [0.717, 1.165) is 22.2 Å². The Morgan fingerprint density at radius 2 is 1.92 bits per heavy atom. The van der Waals surface area contributed by atoms with Gasteiger partial charge in [0.15, 0.2) is 9.84 Å². The van der Waals surface area contributed by atoms with Gasteiger partial charge in [-0.2, -0.15) is 13.2 Å². The average molecular weight is 534 g/mol. The Labute approximate surface area is 207 Å². The van der Waals surface area contributed by atoms with Gasteiger partial charge >= 0.3 is 12.3 Å². The number of carboxylic acid groups (broad SMARTS) is 1. The number of alkyl halides is 3. The quantitative estimate of drug-likeness (QED) is 0.554. The highest BCUT2D eigenvalue weighted by molar-refractivity contribution is 7.91. The average Bonchev–Trinajstić information content (AvgIpc) is 3.13. The number of rotatable bonds is 7. The van der Waals surface area contributed by atoms with Crippen molar-refractivity contribution in [1.29, 1.82) is 0 Å². The molecule has 200 valence electrons. The summed E-state index contributed by atoms with van der Waals surface area (Å²) in [6, 6.07) is 2.09. The van der Waals surface area contributed by atoms with Gasteiger partial charge in [-0.15, -0.1) is 0 Å². The minimum Gasteiger partial charge on any atom is -0.464 e. The number of sulfone groups is 1. The summed E-state index contributed by atoms with van der Waals surface area (Å²) in [5.74, 6) is -1.86. The summed E-state index contributed by atoms with van der Waals surface area (Å²) in [6.45, 7) is 3.18. The smallest absolute Gasteiger partial charge is 0.426 e. The molecule has 0 radical (unpaired) electrons. The molecule has 1 aromatic rings. The van der Waals surface area contributed by atoms with Gasteiger partial charge in [-0.3, -0.25) is 9.59 Å². The van der Waals surface area contributed by atoms with E-state index in [1.54, 1.807) is 13.8 Å². The third kappa shape index (κ3) is 6.29. The molecule has 3 atom stereocenters. The second-order valence-electron chi connectivity index (χ2n) is 9.55. The van der Waals surface area contributed by atoms with Gasteiger partial charge in [-0.25, -0.2) is 23.2 Å².